The second kappa shape index (κ2) is 10.7. The van der Waals surface area contributed by atoms with E-state index in [2.05, 4.69) is 44.8 Å². The molecule has 0 saturated carbocycles. The Morgan fingerprint density at radius 2 is 1.89 bits per heavy atom. The fourth-order valence-corrected chi connectivity index (χ4v) is 5.27. The van der Waals surface area contributed by atoms with Crippen molar-refractivity contribution in [2.75, 3.05) is 16.8 Å². The van der Waals surface area contributed by atoms with Crippen LogP contribution in [0.5, 0.6) is 0 Å². The third-order valence-corrected chi connectivity index (χ3v) is 7.09. The van der Waals surface area contributed by atoms with Gasteiger partial charge in [-0.1, -0.05) is 12.1 Å². The molecule has 9 heteroatoms. The summed E-state index contributed by atoms with van der Waals surface area (Å²) in [6, 6.07) is 16.0. The van der Waals surface area contributed by atoms with Crippen molar-refractivity contribution < 1.29 is 9.59 Å². The number of pyridine rings is 1. The average Bonchev–Trinajstić information content (AvgIpc) is 3.65. The summed E-state index contributed by atoms with van der Waals surface area (Å²) in [6.45, 7) is 3.60. The minimum Gasteiger partial charge on any atom is -0.363 e. The van der Waals surface area contributed by atoms with Gasteiger partial charge in [0.2, 0.25) is 5.91 Å². The summed E-state index contributed by atoms with van der Waals surface area (Å²) in [5.74, 6) is -0.208. The Morgan fingerprint density at radius 1 is 1.08 bits per heavy atom. The van der Waals surface area contributed by atoms with Crippen LogP contribution < -0.4 is 15.5 Å². The quantitative estimate of drug-likeness (QED) is 0.368. The van der Waals surface area contributed by atoms with Gasteiger partial charge in [0.05, 0.1) is 11.7 Å². The summed E-state index contributed by atoms with van der Waals surface area (Å²) in [4.78, 5) is 35.4. The van der Waals surface area contributed by atoms with Gasteiger partial charge in [0.1, 0.15) is 5.69 Å². The Bertz CT molecular complexity index is 1330. The molecule has 36 heavy (non-hydrogen) atoms. The summed E-state index contributed by atoms with van der Waals surface area (Å²) < 4.78 is 1.92. The Kier molecular flexibility index (Phi) is 7.08. The number of aromatic nitrogens is 3. The number of thiazole rings is 1. The van der Waals surface area contributed by atoms with Gasteiger partial charge in [-0.05, 0) is 60.4 Å². The van der Waals surface area contributed by atoms with Gasteiger partial charge in [0, 0.05) is 56.2 Å². The van der Waals surface area contributed by atoms with Gasteiger partial charge >= 0.3 is 0 Å². The first-order valence-corrected chi connectivity index (χ1v) is 12.9. The maximum absolute atomic E-state index is 13.0. The number of rotatable bonds is 8. The molecule has 1 saturated heterocycles. The van der Waals surface area contributed by atoms with Crippen LogP contribution in [0.2, 0.25) is 0 Å². The Balaban J connectivity index is 1.25. The highest BCUT2D eigenvalue weighted by Crippen LogP contribution is 2.37. The van der Waals surface area contributed by atoms with Crippen LogP contribution in [0.1, 0.15) is 53.1 Å². The molecule has 1 atom stereocenters. The van der Waals surface area contributed by atoms with Crippen LogP contribution >= 0.6 is 11.3 Å². The van der Waals surface area contributed by atoms with E-state index in [0.29, 0.717) is 23.9 Å². The zero-order valence-corrected chi connectivity index (χ0v) is 20.9. The second-order valence-corrected chi connectivity index (χ2v) is 9.69. The molecule has 4 heterocycles. The highest BCUT2D eigenvalue weighted by Gasteiger charge is 2.28. The SMILES string of the molecule is CC(=O)NCc1ccc(N2CCCC2c2csc(NC(=O)c3cccn3Cc3ccncc3)n2)cc1. The molecule has 1 aromatic carbocycles. The van der Waals surface area contributed by atoms with E-state index in [9.17, 15) is 9.59 Å². The maximum atomic E-state index is 13.0. The van der Waals surface area contributed by atoms with E-state index in [-0.39, 0.29) is 17.9 Å². The number of anilines is 2. The van der Waals surface area contributed by atoms with E-state index in [4.69, 9.17) is 4.98 Å². The van der Waals surface area contributed by atoms with Crippen LogP contribution in [-0.2, 0) is 17.9 Å². The Morgan fingerprint density at radius 3 is 2.67 bits per heavy atom. The molecular formula is C27H28N6O2S. The first-order chi connectivity index (χ1) is 17.6. The third kappa shape index (κ3) is 5.46. The van der Waals surface area contributed by atoms with Crippen LogP contribution in [0.25, 0.3) is 0 Å². The van der Waals surface area contributed by atoms with Gasteiger partial charge in [0.25, 0.3) is 5.91 Å². The third-order valence-electron chi connectivity index (χ3n) is 6.31. The van der Waals surface area contributed by atoms with E-state index < -0.39 is 0 Å². The lowest BCUT2D eigenvalue weighted by Crippen LogP contribution is -2.23. The Hall–Kier alpha value is -3.98. The molecule has 0 bridgehead atoms. The van der Waals surface area contributed by atoms with E-state index in [1.54, 1.807) is 12.4 Å². The van der Waals surface area contributed by atoms with Gasteiger partial charge in [-0.3, -0.25) is 19.9 Å². The zero-order valence-electron chi connectivity index (χ0n) is 20.1. The number of carbonyl (C=O) groups excluding carboxylic acids is 2. The van der Waals surface area contributed by atoms with E-state index >= 15 is 0 Å². The number of benzene rings is 1. The van der Waals surface area contributed by atoms with Crippen molar-refractivity contribution in [2.45, 2.75) is 38.9 Å². The van der Waals surface area contributed by atoms with Gasteiger partial charge in [-0.15, -0.1) is 11.3 Å². The average molecular weight is 501 g/mol. The first kappa shape index (κ1) is 23.7. The fourth-order valence-electron chi connectivity index (χ4n) is 4.52. The van der Waals surface area contributed by atoms with Crippen molar-refractivity contribution in [3.05, 3.63) is 95.0 Å². The summed E-state index contributed by atoms with van der Waals surface area (Å²) in [7, 11) is 0. The molecule has 1 aliphatic heterocycles. The lowest BCUT2D eigenvalue weighted by atomic mass is 10.1. The lowest BCUT2D eigenvalue weighted by molar-refractivity contribution is -0.119. The number of nitrogens with one attached hydrogen (secondary N) is 2. The van der Waals surface area contributed by atoms with E-state index in [1.807, 2.05) is 40.4 Å². The Labute approximate surface area is 214 Å². The van der Waals surface area contributed by atoms with E-state index in [0.717, 1.165) is 41.9 Å². The molecule has 2 amide bonds. The highest BCUT2D eigenvalue weighted by atomic mass is 32.1. The van der Waals surface area contributed by atoms with Crippen molar-refractivity contribution in [1.82, 2.24) is 19.9 Å². The van der Waals surface area contributed by atoms with Crippen LogP contribution in [0.3, 0.4) is 0 Å². The topological polar surface area (TPSA) is 92.2 Å². The smallest absolute Gasteiger partial charge is 0.274 e. The van der Waals surface area contributed by atoms with Crippen molar-refractivity contribution >= 4 is 34.0 Å². The standard InChI is InChI=1S/C27H28N6O2S/c1-19(34)29-16-20-6-8-22(9-7-20)33-15-3-4-24(33)23-18-36-27(30-23)31-26(35)25-5-2-14-32(25)17-21-10-12-28-13-11-21/h2,5-14,18,24H,3-4,15-17H2,1H3,(H,29,34)(H,30,31,35). The zero-order chi connectivity index (χ0) is 24.9. The predicted molar refractivity (Wildman–Crippen MR) is 141 cm³/mol. The maximum Gasteiger partial charge on any atom is 0.274 e. The number of carbonyl (C=O) groups is 2. The number of amides is 2. The van der Waals surface area contributed by atoms with Crippen molar-refractivity contribution in [2.24, 2.45) is 0 Å². The second-order valence-electron chi connectivity index (χ2n) is 8.84. The van der Waals surface area contributed by atoms with Crippen LogP contribution in [0, 0.1) is 0 Å². The number of hydrogen-bond donors (Lipinski definition) is 2. The molecule has 0 spiro atoms. The summed E-state index contributed by atoms with van der Waals surface area (Å²) >= 11 is 1.45. The van der Waals surface area contributed by atoms with E-state index in [1.165, 1.54) is 18.3 Å². The van der Waals surface area contributed by atoms with Gasteiger partial charge in [-0.2, -0.15) is 0 Å². The van der Waals surface area contributed by atoms with Crippen LogP contribution in [0.15, 0.2) is 72.5 Å². The monoisotopic (exact) mass is 500 g/mol. The molecule has 1 unspecified atom stereocenters. The number of nitrogens with zero attached hydrogens (tertiary/aromatic N) is 4. The van der Waals surface area contributed by atoms with Crippen molar-refractivity contribution in [3.8, 4) is 0 Å². The molecule has 5 rings (SSSR count). The molecule has 1 aliphatic rings. The van der Waals surface area contributed by atoms with Gasteiger partial charge in [0.15, 0.2) is 5.13 Å². The highest BCUT2D eigenvalue weighted by molar-refractivity contribution is 7.14. The molecule has 8 nitrogen and oxygen atoms in total. The molecule has 2 N–H and O–H groups in total. The minimum atomic E-state index is -0.173. The molecule has 0 aliphatic carbocycles. The van der Waals surface area contributed by atoms with Crippen molar-refractivity contribution in [1.29, 1.82) is 0 Å². The summed E-state index contributed by atoms with van der Waals surface area (Å²) in [5.41, 5.74) is 4.84. The van der Waals surface area contributed by atoms with Crippen molar-refractivity contribution in [3.63, 3.8) is 0 Å². The molecular weight excluding hydrogens is 472 g/mol. The van der Waals surface area contributed by atoms with Crippen LogP contribution in [0.4, 0.5) is 10.8 Å². The minimum absolute atomic E-state index is 0.0351. The fraction of sp³-hybridized carbons (Fsp3) is 0.259. The van der Waals surface area contributed by atoms with Gasteiger partial charge in [-0.25, -0.2) is 4.98 Å². The normalized spacial score (nSPS) is 15.1. The lowest BCUT2D eigenvalue weighted by Gasteiger charge is -2.26. The summed E-state index contributed by atoms with van der Waals surface area (Å²) in [6.07, 6.45) is 7.50. The molecule has 1 fully saturated rings. The first-order valence-electron chi connectivity index (χ1n) is 12.0. The van der Waals surface area contributed by atoms with Gasteiger partial charge < -0.3 is 14.8 Å². The largest absolute Gasteiger partial charge is 0.363 e. The number of hydrogen-bond acceptors (Lipinski definition) is 6. The predicted octanol–water partition coefficient (Wildman–Crippen LogP) is 4.62. The molecule has 0 radical (unpaired) electrons. The van der Waals surface area contributed by atoms with Crippen LogP contribution in [-0.4, -0.2) is 32.9 Å². The molecule has 184 valence electrons. The summed E-state index contributed by atoms with van der Waals surface area (Å²) in [5, 5.41) is 8.45. The molecule has 4 aromatic rings. The molecule has 3 aromatic heterocycles.